The Bertz CT molecular complexity index is 758. The van der Waals surface area contributed by atoms with Crippen molar-refractivity contribution in [1.82, 2.24) is 15.2 Å². The molecule has 0 aliphatic heterocycles. The summed E-state index contributed by atoms with van der Waals surface area (Å²) in [5.74, 6) is 1.41. The molecular formula is C23H34N4O. The second-order valence-electron chi connectivity index (χ2n) is 8.09. The zero-order valence-corrected chi connectivity index (χ0v) is 18.0. The number of rotatable bonds is 9. The maximum absolute atomic E-state index is 12.5. The summed E-state index contributed by atoms with van der Waals surface area (Å²) in [7, 11) is 4.06. The van der Waals surface area contributed by atoms with Crippen molar-refractivity contribution >= 4 is 17.4 Å². The smallest absolute Gasteiger partial charge is 0.251 e. The number of aromatic nitrogens is 1. The fourth-order valence-electron chi connectivity index (χ4n) is 3.16. The normalized spacial score (nSPS) is 11.3. The highest BCUT2D eigenvalue weighted by Crippen LogP contribution is 2.34. The van der Waals surface area contributed by atoms with Crippen molar-refractivity contribution in [3.8, 4) is 0 Å². The number of carbonyl (C=O) groups is 1. The second-order valence-corrected chi connectivity index (χ2v) is 8.09. The lowest BCUT2D eigenvalue weighted by atomic mass is 9.92. The number of hydrogen-bond donors (Lipinski definition) is 2. The highest BCUT2D eigenvalue weighted by Gasteiger charge is 2.15. The number of carbonyl (C=O) groups excluding carboxylic acids is 1. The van der Waals surface area contributed by atoms with Gasteiger partial charge in [0.05, 0.1) is 0 Å². The zero-order chi connectivity index (χ0) is 20.7. The van der Waals surface area contributed by atoms with Crippen molar-refractivity contribution in [3.05, 3.63) is 53.2 Å². The third-order valence-electron chi connectivity index (χ3n) is 4.72. The molecule has 5 nitrogen and oxygen atoms in total. The Morgan fingerprint density at radius 2 is 1.71 bits per heavy atom. The van der Waals surface area contributed by atoms with E-state index in [-0.39, 0.29) is 5.91 Å². The highest BCUT2D eigenvalue weighted by molar-refractivity contribution is 5.95. The van der Waals surface area contributed by atoms with Crippen LogP contribution in [0, 0.1) is 0 Å². The van der Waals surface area contributed by atoms with E-state index in [0.717, 1.165) is 18.7 Å². The Labute approximate surface area is 169 Å². The van der Waals surface area contributed by atoms with Crippen LogP contribution in [0.2, 0.25) is 0 Å². The largest absolute Gasteiger partial charge is 0.352 e. The lowest BCUT2D eigenvalue weighted by Gasteiger charge is -2.20. The van der Waals surface area contributed by atoms with Crippen molar-refractivity contribution in [3.63, 3.8) is 0 Å². The standard InChI is InChI=1S/C23H34N4O/c1-16(2)19-9-7-10-20(17(3)4)22(19)26-21-15-18(11-13-24-21)23(28)25-12-8-14-27(5)6/h7,9-11,13,15-17H,8,12,14H2,1-6H3,(H,24,26)(H,25,28). The number of benzene rings is 1. The minimum Gasteiger partial charge on any atom is -0.352 e. The Morgan fingerprint density at radius 1 is 1.07 bits per heavy atom. The Morgan fingerprint density at radius 3 is 2.29 bits per heavy atom. The molecule has 0 fully saturated rings. The first-order valence-corrected chi connectivity index (χ1v) is 10.1. The zero-order valence-electron chi connectivity index (χ0n) is 18.0. The van der Waals surface area contributed by atoms with Crippen LogP contribution >= 0.6 is 0 Å². The lowest BCUT2D eigenvalue weighted by molar-refractivity contribution is 0.0952. The number of para-hydroxylation sites is 1. The van der Waals surface area contributed by atoms with Crippen LogP contribution in [0.1, 0.15) is 67.4 Å². The summed E-state index contributed by atoms with van der Waals surface area (Å²) < 4.78 is 0. The minimum atomic E-state index is -0.0644. The molecule has 2 N–H and O–H groups in total. The van der Waals surface area contributed by atoms with Gasteiger partial charge in [-0.3, -0.25) is 4.79 Å². The lowest BCUT2D eigenvalue weighted by Crippen LogP contribution is -2.27. The van der Waals surface area contributed by atoms with Crippen molar-refractivity contribution < 1.29 is 4.79 Å². The summed E-state index contributed by atoms with van der Waals surface area (Å²) >= 11 is 0. The monoisotopic (exact) mass is 382 g/mol. The SMILES string of the molecule is CC(C)c1cccc(C(C)C)c1Nc1cc(C(=O)NCCCN(C)C)ccn1. The number of hydrogen-bond acceptors (Lipinski definition) is 4. The molecule has 152 valence electrons. The molecule has 1 aromatic carbocycles. The van der Waals surface area contributed by atoms with Gasteiger partial charge >= 0.3 is 0 Å². The van der Waals surface area contributed by atoms with E-state index in [9.17, 15) is 4.79 Å². The molecule has 0 bridgehead atoms. The van der Waals surface area contributed by atoms with Crippen LogP contribution in [-0.4, -0.2) is 43.0 Å². The summed E-state index contributed by atoms with van der Waals surface area (Å²) in [6, 6.07) is 9.99. The molecule has 0 unspecified atom stereocenters. The van der Waals surface area contributed by atoms with Crippen molar-refractivity contribution in [1.29, 1.82) is 0 Å². The van der Waals surface area contributed by atoms with Crippen molar-refractivity contribution in [2.24, 2.45) is 0 Å². The molecule has 0 spiro atoms. The van der Waals surface area contributed by atoms with Gasteiger partial charge in [-0.25, -0.2) is 4.98 Å². The Balaban J connectivity index is 2.18. The van der Waals surface area contributed by atoms with Crippen LogP contribution in [0.4, 0.5) is 11.5 Å². The second kappa shape index (κ2) is 10.2. The molecule has 28 heavy (non-hydrogen) atoms. The third-order valence-corrected chi connectivity index (χ3v) is 4.72. The first-order valence-electron chi connectivity index (χ1n) is 10.1. The molecule has 0 radical (unpaired) electrons. The van der Waals surface area contributed by atoms with Crippen LogP contribution in [0.5, 0.6) is 0 Å². The van der Waals surface area contributed by atoms with Gasteiger partial charge in [0.1, 0.15) is 5.82 Å². The molecule has 0 saturated carbocycles. The van der Waals surface area contributed by atoms with E-state index in [1.807, 2.05) is 20.2 Å². The maximum Gasteiger partial charge on any atom is 0.251 e. The molecule has 2 rings (SSSR count). The average molecular weight is 383 g/mol. The molecule has 1 amide bonds. The van der Waals surface area contributed by atoms with E-state index in [0.29, 0.717) is 29.8 Å². The summed E-state index contributed by atoms with van der Waals surface area (Å²) in [5.41, 5.74) is 4.23. The van der Waals surface area contributed by atoms with Crippen LogP contribution in [0.3, 0.4) is 0 Å². The van der Waals surface area contributed by atoms with Gasteiger partial charge in [-0.05, 0) is 62.2 Å². The Hall–Kier alpha value is -2.40. The summed E-state index contributed by atoms with van der Waals surface area (Å²) in [4.78, 5) is 19.0. The van der Waals surface area contributed by atoms with E-state index in [2.05, 4.69) is 66.4 Å². The van der Waals surface area contributed by atoms with E-state index in [1.54, 1.807) is 12.3 Å². The van der Waals surface area contributed by atoms with Crippen molar-refractivity contribution in [2.75, 3.05) is 32.5 Å². The highest BCUT2D eigenvalue weighted by atomic mass is 16.1. The number of pyridine rings is 1. The summed E-state index contributed by atoms with van der Waals surface area (Å²) in [6.07, 6.45) is 2.61. The quantitative estimate of drug-likeness (QED) is 0.614. The van der Waals surface area contributed by atoms with Gasteiger partial charge in [0, 0.05) is 24.0 Å². The first-order chi connectivity index (χ1) is 13.3. The van der Waals surface area contributed by atoms with Gasteiger partial charge in [0.25, 0.3) is 5.91 Å². The molecule has 1 aromatic heterocycles. The minimum absolute atomic E-state index is 0.0644. The molecule has 2 aromatic rings. The van der Waals surface area contributed by atoms with Crippen LogP contribution in [0.15, 0.2) is 36.5 Å². The van der Waals surface area contributed by atoms with Gasteiger partial charge in [0.15, 0.2) is 0 Å². The predicted molar refractivity (Wildman–Crippen MR) is 118 cm³/mol. The predicted octanol–water partition coefficient (Wildman–Crippen LogP) is 4.75. The maximum atomic E-state index is 12.5. The van der Waals surface area contributed by atoms with E-state index in [4.69, 9.17) is 0 Å². The van der Waals surface area contributed by atoms with Gasteiger partial charge in [-0.1, -0.05) is 45.9 Å². The molecule has 0 aliphatic carbocycles. The molecule has 5 heteroatoms. The van der Waals surface area contributed by atoms with Gasteiger partial charge < -0.3 is 15.5 Å². The number of nitrogens with one attached hydrogen (secondary N) is 2. The summed E-state index contributed by atoms with van der Waals surface area (Å²) in [5, 5.41) is 6.47. The van der Waals surface area contributed by atoms with E-state index >= 15 is 0 Å². The van der Waals surface area contributed by atoms with E-state index in [1.165, 1.54) is 11.1 Å². The first kappa shape index (κ1) is 21.9. The number of amides is 1. The number of anilines is 2. The topological polar surface area (TPSA) is 57.3 Å². The van der Waals surface area contributed by atoms with Crippen LogP contribution in [-0.2, 0) is 0 Å². The van der Waals surface area contributed by atoms with Gasteiger partial charge in [0.2, 0.25) is 0 Å². The number of nitrogens with zero attached hydrogens (tertiary/aromatic N) is 2. The summed E-state index contributed by atoms with van der Waals surface area (Å²) in [6.45, 7) is 10.4. The average Bonchev–Trinajstić information content (AvgIpc) is 2.65. The molecule has 0 saturated heterocycles. The van der Waals surface area contributed by atoms with Gasteiger partial charge in [-0.15, -0.1) is 0 Å². The van der Waals surface area contributed by atoms with Crippen molar-refractivity contribution in [2.45, 2.75) is 46.0 Å². The fourth-order valence-corrected chi connectivity index (χ4v) is 3.16. The third kappa shape index (κ3) is 6.06. The molecular weight excluding hydrogens is 348 g/mol. The molecule has 0 aliphatic rings. The van der Waals surface area contributed by atoms with Crippen LogP contribution < -0.4 is 10.6 Å². The molecule has 1 heterocycles. The van der Waals surface area contributed by atoms with Crippen LogP contribution in [0.25, 0.3) is 0 Å². The Kier molecular flexibility index (Phi) is 8.00. The van der Waals surface area contributed by atoms with E-state index < -0.39 is 0 Å². The van der Waals surface area contributed by atoms with Gasteiger partial charge in [-0.2, -0.15) is 0 Å². The molecule has 0 atom stereocenters. The fraction of sp³-hybridized carbons (Fsp3) is 0.478.